The molecule has 1 aromatic rings. The van der Waals surface area contributed by atoms with Gasteiger partial charge in [0.25, 0.3) is 0 Å². The van der Waals surface area contributed by atoms with Crippen LogP contribution in [0.5, 0.6) is 0 Å². The highest BCUT2D eigenvalue weighted by Crippen LogP contribution is 2.11. The lowest BCUT2D eigenvalue weighted by molar-refractivity contribution is -0.136. The van der Waals surface area contributed by atoms with Gasteiger partial charge < -0.3 is 81.8 Å². The van der Waals surface area contributed by atoms with Crippen LogP contribution in [0.25, 0.3) is 0 Å². The second kappa shape index (κ2) is 34.2. The van der Waals surface area contributed by atoms with Crippen molar-refractivity contribution in [2.45, 2.75) is 159 Å². The molecule has 25 heteroatoms. The number of hydrogen-bond donors (Lipinski definition) is 15. The third kappa shape index (κ3) is 22.6. The van der Waals surface area contributed by atoms with E-state index in [1.54, 1.807) is 44.2 Å². The lowest BCUT2D eigenvalue weighted by Gasteiger charge is -2.28. The topological polar surface area (TPSA) is 421 Å². The number of carbonyl (C=O) groups is 10. The summed E-state index contributed by atoms with van der Waals surface area (Å²) < 4.78 is 0. The van der Waals surface area contributed by atoms with Crippen molar-refractivity contribution in [2.75, 3.05) is 39.3 Å². The Labute approximate surface area is 428 Å². The normalized spacial score (nSPS) is 23.0. The average Bonchev–Trinajstić information content (AvgIpc) is 3.35. The van der Waals surface area contributed by atoms with Gasteiger partial charge in [0.1, 0.15) is 54.4 Å². The summed E-state index contributed by atoms with van der Waals surface area (Å²) >= 11 is 0. The van der Waals surface area contributed by atoms with Crippen LogP contribution in [0.15, 0.2) is 30.3 Å². The molecule has 1 saturated heterocycles. The maximum absolute atomic E-state index is 14.4. The second-order valence-corrected chi connectivity index (χ2v) is 18.4. The Bertz CT molecular complexity index is 1960. The van der Waals surface area contributed by atoms with Crippen LogP contribution in [-0.2, 0) is 54.4 Å². The number of nitrogens with one attached hydrogen (secondary N) is 10. The number of nitrogens with two attached hydrogens (primary N) is 5. The summed E-state index contributed by atoms with van der Waals surface area (Å²) in [6, 6.07) is -2.72. The Morgan fingerprint density at radius 2 is 1.10 bits per heavy atom. The molecule has 0 bridgehead atoms. The predicted octanol–water partition coefficient (Wildman–Crippen LogP) is -4.50. The van der Waals surface area contributed by atoms with E-state index in [4.69, 9.17) is 28.7 Å². The van der Waals surface area contributed by atoms with E-state index in [2.05, 4.69) is 53.2 Å². The Balaban J connectivity index is 2.71. The van der Waals surface area contributed by atoms with Gasteiger partial charge in [0.2, 0.25) is 59.1 Å². The minimum Gasteiger partial charge on any atom is -0.354 e. The van der Waals surface area contributed by atoms with E-state index >= 15 is 0 Å². The minimum atomic E-state index is -1.50. The number of rotatable bonds is 23. The average molecular weight is 1030 g/mol. The quantitative estimate of drug-likeness (QED) is 0.0491. The summed E-state index contributed by atoms with van der Waals surface area (Å²) in [4.78, 5) is 138. The largest absolute Gasteiger partial charge is 0.354 e. The number of amides is 10. The van der Waals surface area contributed by atoms with Gasteiger partial charge in [-0.15, -0.1) is 0 Å². The van der Waals surface area contributed by atoms with Crippen LogP contribution in [0.3, 0.4) is 0 Å². The van der Waals surface area contributed by atoms with Gasteiger partial charge in [0.15, 0.2) is 0 Å². The van der Waals surface area contributed by atoms with Gasteiger partial charge >= 0.3 is 0 Å². The van der Waals surface area contributed by atoms with Crippen molar-refractivity contribution in [3.05, 3.63) is 35.9 Å². The van der Waals surface area contributed by atoms with E-state index < -0.39 is 113 Å². The van der Waals surface area contributed by atoms with Gasteiger partial charge in [0.05, 0.1) is 0 Å². The number of benzene rings is 1. The van der Waals surface area contributed by atoms with E-state index in [0.29, 0.717) is 18.4 Å². The molecule has 1 heterocycles. The van der Waals surface area contributed by atoms with Gasteiger partial charge in [-0.25, -0.2) is 0 Å². The summed E-state index contributed by atoms with van der Waals surface area (Å²) in [6.45, 7) is 6.83. The fourth-order valence-electron chi connectivity index (χ4n) is 7.80. The van der Waals surface area contributed by atoms with Crippen molar-refractivity contribution < 1.29 is 47.9 Å². The first kappa shape index (κ1) is 62.8. The van der Waals surface area contributed by atoms with Crippen molar-refractivity contribution in [3.63, 3.8) is 0 Å². The minimum absolute atomic E-state index is 0.0467. The molecule has 1 fully saturated rings. The molecular formula is C48H83N15O10. The lowest BCUT2D eigenvalue weighted by Crippen LogP contribution is -2.61. The number of hydrogen-bond acceptors (Lipinski definition) is 15. The third-order valence-corrected chi connectivity index (χ3v) is 11.9. The monoisotopic (exact) mass is 1030 g/mol. The number of carbonyl (C=O) groups excluding carboxylic acids is 10. The van der Waals surface area contributed by atoms with E-state index in [1.807, 2.05) is 13.8 Å². The van der Waals surface area contributed by atoms with Gasteiger partial charge in [-0.2, -0.15) is 0 Å². The van der Waals surface area contributed by atoms with Crippen molar-refractivity contribution in [1.29, 1.82) is 0 Å². The van der Waals surface area contributed by atoms with Crippen LogP contribution in [0.4, 0.5) is 0 Å². The molecule has 0 saturated carbocycles. The fourth-order valence-corrected chi connectivity index (χ4v) is 7.80. The summed E-state index contributed by atoms with van der Waals surface area (Å²) in [5.41, 5.74) is 29.6. The zero-order valence-electron chi connectivity index (χ0n) is 42.9. The molecule has 0 radical (unpaired) electrons. The van der Waals surface area contributed by atoms with Gasteiger partial charge in [-0.05, 0) is 108 Å². The predicted molar refractivity (Wildman–Crippen MR) is 273 cm³/mol. The summed E-state index contributed by atoms with van der Waals surface area (Å²) in [5.74, 6) is -7.54. The van der Waals surface area contributed by atoms with Crippen LogP contribution in [0, 0.1) is 5.92 Å². The van der Waals surface area contributed by atoms with Crippen LogP contribution in [0.2, 0.25) is 0 Å². The van der Waals surface area contributed by atoms with E-state index in [0.717, 1.165) is 0 Å². The second-order valence-electron chi connectivity index (χ2n) is 18.4. The Kier molecular flexibility index (Phi) is 29.4. The highest BCUT2D eigenvalue weighted by atomic mass is 16.2. The molecular weight excluding hydrogens is 947 g/mol. The van der Waals surface area contributed by atoms with Crippen molar-refractivity contribution in [3.8, 4) is 0 Å². The standard InChI is InChI=1S/C48H83N15O10/c1-5-30-40(65)54-25-19-36(61-44(69)33(16-22-51)58-41(66)31(6-2)55-39(64)15-11-21-50)46(71)59-35(18-24-53)45(70)63-38(27-29-12-8-7-9-13-29)48(73)62-37(26-28(3)4)47(72)60-34(17-23-52)43(68)57-32(14-10-20-49)42(67)56-30/h7-9,12-13,28,30-38H,5-6,10-11,14-27,49-53H2,1-4H3,(H,54,65)(H,55,64)(H,56,67)(H,57,68)(H,58,66)(H,59,71)(H,60,72)(H,61,69)(H,62,73)(H,63,70)/t30?,31-,32-,33-,34-,35-,36-,37-,38+/m0/s1. The fraction of sp³-hybridized carbons (Fsp3) is 0.667. The van der Waals surface area contributed by atoms with Crippen LogP contribution < -0.4 is 81.8 Å². The van der Waals surface area contributed by atoms with E-state index in [-0.39, 0.29) is 109 Å². The first-order valence-electron chi connectivity index (χ1n) is 25.4. The van der Waals surface area contributed by atoms with Crippen molar-refractivity contribution >= 4 is 59.1 Å². The molecule has 73 heavy (non-hydrogen) atoms. The summed E-state index contributed by atoms with van der Waals surface area (Å²) in [6.07, 6.45) is 0.522. The summed E-state index contributed by atoms with van der Waals surface area (Å²) in [7, 11) is 0. The van der Waals surface area contributed by atoms with Crippen molar-refractivity contribution in [1.82, 2.24) is 53.2 Å². The highest BCUT2D eigenvalue weighted by molar-refractivity contribution is 5.98. The molecule has 1 aliphatic heterocycles. The van der Waals surface area contributed by atoms with Crippen LogP contribution in [-0.4, -0.2) is 153 Å². The zero-order chi connectivity index (χ0) is 54.5. The van der Waals surface area contributed by atoms with E-state index in [9.17, 15) is 47.9 Å². The molecule has 9 atom stereocenters. The SMILES string of the molecule is CCC1NC(=O)[C@H](CCCN)NC(=O)[C@H](CCN)NC(=O)[C@H](CC(C)C)NC(=O)[C@@H](Cc2ccccc2)NC(=O)[C@H](CCN)NC(=O)[C@@H](NC(=O)[C@H](CCN)NC(=O)[C@H](CC)NC(=O)CCCN)CCNC1=O. The van der Waals surface area contributed by atoms with Gasteiger partial charge in [-0.3, -0.25) is 47.9 Å². The van der Waals surface area contributed by atoms with Crippen molar-refractivity contribution in [2.24, 2.45) is 34.6 Å². The Morgan fingerprint density at radius 1 is 0.575 bits per heavy atom. The molecule has 1 aliphatic rings. The molecule has 0 spiro atoms. The van der Waals surface area contributed by atoms with Gasteiger partial charge in [0, 0.05) is 19.4 Å². The Hall–Kier alpha value is -6.28. The first-order valence-corrected chi connectivity index (χ1v) is 25.4. The molecule has 1 aromatic carbocycles. The molecule has 10 amide bonds. The third-order valence-electron chi connectivity index (χ3n) is 11.9. The van der Waals surface area contributed by atoms with Crippen LogP contribution in [0.1, 0.15) is 104 Å². The molecule has 25 nitrogen and oxygen atoms in total. The smallest absolute Gasteiger partial charge is 0.243 e. The summed E-state index contributed by atoms with van der Waals surface area (Å²) in [5, 5.41) is 26.6. The molecule has 2 rings (SSSR count). The van der Waals surface area contributed by atoms with E-state index in [1.165, 1.54) is 0 Å². The van der Waals surface area contributed by atoms with Crippen LogP contribution >= 0.6 is 0 Å². The maximum atomic E-state index is 14.4. The lowest BCUT2D eigenvalue weighted by atomic mass is 10.00. The first-order chi connectivity index (χ1) is 34.9. The maximum Gasteiger partial charge on any atom is 0.243 e. The molecule has 0 aliphatic carbocycles. The molecule has 410 valence electrons. The molecule has 0 aromatic heterocycles. The highest BCUT2D eigenvalue weighted by Gasteiger charge is 2.36. The molecule has 20 N–H and O–H groups in total. The zero-order valence-corrected chi connectivity index (χ0v) is 42.9. The Morgan fingerprint density at radius 3 is 1.63 bits per heavy atom. The molecule has 1 unspecified atom stereocenters. The van der Waals surface area contributed by atoms with Gasteiger partial charge in [-0.1, -0.05) is 58.0 Å².